The number of carbonyl (C=O) groups is 2. The lowest BCUT2D eigenvalue weighted by Crippen LogP contribution is -2.47. The molecule has 3 amide bonds. The van der Waals surface area contributed by atoms with Crippen LogP contribution in [0.3, 0.4) is 0 Å². The van der Waals surface area contributed by atoms with Gasteiger partial charge in [0.2, 0.25) is 0 Å². The highest BCUT2D eigenvalue weighted by Gasteiger charge is 2.13. The van der Waals surface area contributed by atoms with E-state index in [1.807, 2.05) is 55.5 Å². The van der Waals surface area contributed by atoms with E-state index in [0.29, 0.717) is 24.5 Å². The molecule has 0 radical (unpaired) electrons. The molecule has 0 fully saturated rings. The highest BCUT2D eigenvalue weighted by Crippen LogP contribution is 2.21. The average molecular weight is 432 g/mol. The predicted molar refractivity (Wildman–Crippen MR) is 120 cm³/mol. The maximum atomic E-state index is 12.2. The fourth-order valence-corrected chi connectivity index (χ4v) is 3.43. The number of para-hydroxylation sites is 2. The van der Waals surface area contributed by atoms with Gasteiger partial charge in [0.25, 0.3) is 0 Å². The second-order valence-electron chi connectivity index (χ2n) is 7.23. The van der Waals surface area contributed by atoms with Crippen molar-refractivity contribution >= 4 is 22.8 Å². The van der Waals surface area contributed by atoms with Gasteiger partial charge in [-0.3, -0.25) is 10.2 Å². The molecule has 4 rings (SSSR count). The van der Waals surface area contributed by atoms with Gasteiger partial charge in [-0.25, -0.2) is 10.2 Å². The van der Waals surface area contributed by atoms with Crippen molar-refractivity contribution in [2.75, 3.05) is 6.54 Å². The van der Waals surface area contributed by atoms with Crippen molar-refractivity contribution in [1.82, 2.24) is 21.2 Å². The lowest BCUT2D eigenvalue weighted by Gasteiger charge is -2.08. The Kier molecular flexibility index (Phi) is 6.41. The molecule has 32 heavy (non-hydrogen) atoms. The minimum atomic E-state index is -0.557. The minimum Gasteiger partial charge on any atom is -0.486 e. The van der Waals surface area contributed by atoms with Crippen LogP contribution in [-0.4, -0.2) is 23.5 Å². The van der Waals surface area contributed by atoms with E-state index >= 15 is 0 Å². The molecule has 2 aromatic carbocycles. The van der Waals surface area contributed by atoms with Crippen LogP contribution < -0.4 is 20.9 Å². The normalized spacial score (nSPS) is 10.7. The highest BCUT2D eigenvalue weighted by molar-refractivity contribution is 5.92. The van der Waals surface area contributed by atoms with Crippen molar-refractivity contribution in [3.8, 4) is 5.75 Å². The summed E-state index contributed by atoms with van der Waals surface area (Å²) in [6.07, 6.45) is 0.667. The van der Waals surface area contributed by atoms with Crippen molar-refractivity contribution in [3.05, 3.63) is 89.5 Å². The number of nitrogens with one attached hydrogen (secondary N) is 4. The summed E-state index contributed by atoms with van der Waals surface area (Å²) in [7, 11) is 0. The van der Waals surface area contributed by atoms with Crippen molar-refractivity contribution in [2.24, 2.45) is 0 Å². The first-order valence-electron chi connectivity index (χ1n) is 10.3. The molecule has 0 spiro atoms. The highest BCUT2D eigenvalue weighted by atomic mass is 16.5. The third-order valence-corrected chi connectivity index (χ3v) is 4.99. The number of urea groups is 1. The number of hydrogen-bond acceptors (Lipinski definition) is 4. The van der Waals surface area contributed by atoms with Crippen molar-refractivity contribution < 1.29 is 18.7 Å². The molecular formula is C24H24N4O4. The van der Waals surface area contributed by atoms with Crippen LogP contribution >= 0.6 is 0 Å². The monoisotopic (exact) mass is 432 g/mol. The predicted octanol–water partition coefficient (Wildman–Crippen LogP) is 3.84. The van der Waals surface area contributed by atoms with Crippen LogP contribution in [0.15, 0.2) is 71.1 Å². The Hall–Kier alpha value is -4.20. The van der Waals surface area contributed by atoms with Crippen LogP contribution in [0.1, 0.15) is 27.6 Å². The van der Waals surface area contributed by atoms with Crippen molar-refractivity contribution in [3.63, 3.8) is 0 Å². The van der Waals surface area contributed by atoms with E-state index in [9.17, 15) is 9.59 Å². The maximum absolute atomic E-state index is 12.2. The van der Waals surface area contributed by atoms with Gasteiger partial charge in [0, 0.05) is 23.1 Å². The summed E-state index contributed by atoms with van der Waals surface area (Å²) in [6.45, 7) is 2.63. The number of carbonyl (C=O) groups excluding carboxylic acids is 2. The zero-order chi connectivity index (χ0) is 22.3. The number of fused-ring (bicyclic) bond motifs is 1. The number of furan rings is 1. The summed E-state index contributed by atoms with van der Waals surface area (Å²) < 4.78 is 11.1. The minimum absolute atomic E-state index is 0.0754. The van der Waals surface area contributed by atoms with Crippen molar-refractivity contribution in [1.29, 1.82) is 0 Å². The van der Waals surface area contributed by atoms with Gasteiger partial charge < -0.3 is 19.5 Å². The molecule has 0 aliphatic heterocycles. The summed E-state index contributed by atoms with van der Waals surface area (Å²) in [5.41, 5.74) is 7.97. The van der Waals surface area contributed by atoms with E-state index in [-0.39, 0.29) is 12.4 Å². The molecule has 8 heteroatoms. The quantitative estimate of drug-likeness (QED) is 0.333. The van der Waals surface area contributed by atoms with Gasteiger partial charge in [-0.1, -0.05) is 36.4 Å². The second-order valence-corrected chi connectivity index (χ2v) is 7.23. The van der Waals surface area contributed by atoms with Crippen LogP contribution in [0.5, 0.6) is 5.75 Å². The molecule has 2 aromatic heterocycles. The number of hydrogen-bond donors (Lipinski definition) is 4. The number of H-pyrrole nitrogens is 1. The standard InChI is InChI=1S/C24H24N4O4/c1-16-19(20-9-5-6-10-21(20)26-16)13-14-25-24(30)28-27-23(29)22-12-11-18(32-22)15-31-17-7-3-2-4-8-17/h2-12,26H,13-15H2,1H3,(H,27,29)(H2,25,28,30). The first-order valence-corrected chi connectivity index (χ1v) is 10.3. The number of benzene rings is 2. The molecule has 0 bridgehead atoms. The largest absolute Gasteiger partial charge is 0.486 e. The summed E-state index contributed by atoms with van der Waals surface area (Å²) in [5.74, 6) is 0.721. The molecule has 4 N–H and O–H groups in total. The van der Waals surface area contributed by atoms with Gasteiger partial charge >= 0.3 is 11.9 Å². The number of rotatable bonds is 7. The van der Waals surface area contributed by atoms with Crippen LogP contribution in [0.4, 0.5) is 4.79 Å². The van der Waals surface area contributed by atoms with Crippen LogP contribution in [-0.2, 0) is 13.0 Å². The fraction of sp³-hybridized carbons (Fsp3) is 0.167. The molecule has 0 unspecified atom stereocenters. The lowest BCUT2D eigenvalue weighted by molar-refractivity contribution is 0.0904. The fourth-order valence-electron chi connectivity index (χ4n) is 3.43. The van der Waals surface area contributed by atoms with E-state index < -0.39 is 11.9 Å². The molecular weight excluding hydrogens is 408 g/mol. The molecule has 4 aromatic rings. The SMILES string of the molecule is Cc1[nH]c2ccccc2c1CCNC(=O)NNC(=O)c1ccc(COc2ccccc2)o1. The van der Waals surface area contributed by atoms with E-state index in [2.05, 4.69) is 27.2 Å². The number of ether oxygens (including phenoxy) is 1. The molecule has 8 nitrogen and oxygen atoms in total. The smallest absolute Gasteiger partial charge is 0.333 e. The third kappa shape index (κ3) is 5.10. The number of aromatic amines is 1. The number of aryl methyl sites for hydroxylation is 1. The summed E-state index contributed by atoms with van der Waals surface area (Å²) in [4.78, 5) is 27.6. The molecule has 0 atom stereocenters. The number of aromatic nitrogens is 1. The average Bonchev–Trinajstić information content (AvgIpc) is 3.41. The van der Waals surface area contributed by atoms with Crippen LogP contribution in [0.2, 0.25) is 0 Å². The zero-order valence-electron chi connectivity index (χ0n) is 17.6. The summed E-state index contributed by atoms with van der Waals surface area (Å²) in [5, 5.41) is 3.88. The Bertz CT molecular complexity index is 1210. The Morgan fingerprint density at radius 2 is 1.75 bits per heavy atom. The topological polar surface area (TPSA) is 108 Å². The summed E-state index contributed by atoms with van der Waals surface area (Å²) >= 11 is 0. The van der Waals surface area contributed by atoms with Gasteiger partial charge in [0.15, 0.2) is 5.76 Å². The molecule has 2 heterocycles. The van der Waals surface area contributed by atoms with E-state index in [1.54, 1.807) is 6.07 Å². The van der Waals surface area contributed by atoms with Gasteiger partial charge in [-0.15, -0.1) is 0 Å². The van der Waals surface area contributed by atoms with E-state index in [1.165, 1.54) is 6.07 Å². The van der Waals surface area contributed by atoms with Gasteiger partial charge in [0.05, 0.1) is 0 Å². The van der Waals surface area contributed by atoms with E-state index in [0.717, 1.165) is 22.2 Å². The Morgan fingerprint density at radius 1 is 0.969 bits per heavy atom. The molecule has 0 saturated carbocycles. The summed E-state index contributed by atoms with van der Waals surface area (Å²) in [6, 6.07) is 20.0. The van der Waals surface area contributed by atoms with Crippen LogP contribution in [0, 0.1) is 6.92 Å². The Labute approximate surface area is 184 Å². The van der Waals surface area contributed by atoms with Gasteiger partial charge in [-0.2, -0.15) is 0 Å². The molecule has 0 aliphatic carbocycles. The van der Waals surface area contributed by atoms with Gasteiger partial charge in [-0.05, 0) is 49.2 Å². The number of amides is 3. The second kappa shape index (κ2) is 9.74. The zero-order valence-corrected chi connectivity index (χ0v) is 17.6. The Morgan fingerprint density at radius 3 is 2.59 bits per heavy atom. The Balaban J connectivity index is 1.20. The molecule has 164 valence electrons. The molecule has 0 saturated heterocycles. The number of hydrazine groups is 1. The first-order chi connectivity index (χ1) is 15.6. The third-order valence-electron chi connectivity index (χ3n) is 4.99. The van der Waals surface area contributed by atoms with Crippen LogP contribution in [0.25, 0.3) is 10.9 Å². The van der Waals surface area contributed by atoms with Gasteiger partial charge in [0.1, 0.15) is 18.1 Å². The van der Waals surface area contributed by atoms with E-state index in [4.69, 9.17) is 9.15 Å². The first kappa shape index (κ1) is 21.0. The van der Waals surface area contributed by atoms with Crippen molar-refractivity contribution in [2.45, 2.75) is 20.0 Å². The lowest BCUT2D eigenvalue weighted by atomic mass is 10.1. The molecule has 0 aliphatic rings. The maximum Gasteiger partial charge on any atom is 0.333 e.